The van der Waals surface area contributed by atoms with Gasteiger partial charge in [0.05, 0.1) is 0 Å². The van der Waals surface area contributed by atoms with Gasteiger partial charge >= 0.3 is 0 Å². The Morgan fingerprint density at radius 2 is 1.84 bits per heavy atom. The van der Waals surface area contributed by atoms with Crippen LogP contribution in [0, 0.1) is 5.92 Å². The van der Waals surface area contributed by atoms with Crippen LogP contribution in [0.5, 0.6) is 11.5 Å². The molecule has 4 rings (SSSR count). The lowest BCUT2D eigenvalue weighted by atomic mass is 9.86. The molecule has 0 saturated heterocycles. The van der Waals surface area contributed by atoms with E-state index in [2.05, 4.69) is 0 Å². The maximum atomic E-state index is 13.8. The van der Waals surface area contributed by atoms with Gasteiger partial charge in [0, 0.05) is 37.1 Å². The molecule has 5 heteroatoms. The highest BCUT2D eigenvalue weighted by Crippen LogP contribution is 2.35. The Labute approximate surface area is 183 Å². The molecule has 2 aromatic rings. The van der Waals surface area contributed by atoms with E-state index < -0.39 is 5.92 Å². The van der Waals surface area contributed by atoms with Crippen molar-refractivity contribution in [3.05, 3.63) is 59.2 Å². The van der Waals surface area contributed by atoms with Crippen LogP contribution in [0.1, 0.15) is 68.6 Å². The molecule has 0 spiro atoms. The number of fused-ring (bicyclic) bond motifs is 1. The first kappa shape index (κ1) is 21.8. The van der Waals surface area contributed by atoms with Gasteiger partial charge < -0.3 is 9.64 Å². The Morgan fingerprint density at radius 3 is 2.55 bits per heavy atom. The number of carbonyl (C=O) groups excluding carboxylic acids is 1. The summed E-state index contributed by atoms with van der Waals surface area (Å²) < 4.78 is 33.7. The molecule has 1 aliphatic heterocycles. The Hall–Kier alpha value is -2.43. The highest BCUT2D eigenvalue weighted by Gasteiger charge is 2.29. The van der Waals surface area contributed by atoms with Crippen molar-refractivity contribution in [3.63, 3.8) is 0 Å². The molecule has 1 saturated carbocycles. The summed E-state index contributed by atoms with van der Waals surface area (Å²) in [5.41, 5.74) is 2.21. The fourth-order valence-corrected chi connectivity index (χ4v) is 4.75. The second-order valence-electron chi connectivity index (χ2n) is 8.85. The SMILES string of the molecule is CCC(F)(F)c1ccc(Oc2cccc3c2CCN(C(=O)CC2CCCCC2)C3)cc1. The molecule has 1 aliphatic carbocycles. The molecule has 0 aromatic heterocycles. The average molecular weight is 428 g/mol. The fourth-order valence-electron chi connectivity index (χ4n) is 4.75. The number of benzene rings is 2. The summed E-state index contributed by atoms with van der Waals surface area (Å²) in [4.78, 5) is 14.8. The Balaban J connectivity index is 1.42. The molecule has 31 heavy (non-hydrogen) atoms. The number of hydrogen-bond acceptors (Lipinski definition) is 2. The molecule has 0 unspecified atom stereocenters. The van der Waals surface area contributed by atoms with Crippen molar-refractivity contribution < 1.29 is 18.3 Å². The largest absolute Gasteiger partial charge is 0.457 e. The van der Waals surface area contributed by atoms with Crippen molar-refractivity contribution in [1.29, 1.82) is 0 Å². The Kier molecular flexibility index (Phi) is 6.59. The zero-order chi connectivity index (χ0) is 21.8. The van der Waals surface area contributed by atoms with Gasteiger partial charge in [0.1, 0.15) is 11.5 Å². The maximum Gasteiger partial charge on any atom is 0.273 e. The lowest BCUT2D eigenvalue weighted by Crippen LogP contribution is -2.37. The number of rotatable bonds is 6. The first-order chi connectivity index (χ1) is 15.0. The molecule has 2 aromatic carbocycles. The summed E-state index contributed by atoms with van der Waals surface area (Å²) in [7, 11) is 0. The molecule has 0 atom stereocenters. The lowest BCUT2D eigenvalue weighted by Gasteiger charge is -2.31. The van der Waals surface area contributed by atoms with Crippen LogP contribution < -0.4 is 4.74 Å². The molecular formula is C26H31F2NO2. The van der Waals surface area contributed by atoms with Gasteiger partial charge in [-0.25, -0.2) is 8.78 Å². The summed E-state index contributed by atoms with van der Waals surface area (Å²) in [6, 6.07) is 11.9. The predicted octanol–water partition coefficient (Wildman–Crippen LogP) is 6.84. The summed E-state index contributed by atoms with van der Waals surface area (Å²) in [6.45, 7) is 2.78. The van der Waals surface area contributed by atoms with Gasteiger partial charge in [-0.05, 0) is 61.1 Å². The third kappa shape index (κ3) is 5.08. The number of ether oxygens (including phenoxy) is 1. The first-order valence-electron chi connectivity index (χ1n) is 11.5. The van der Waals surface area contributed by atoms with Crippen LogP contribution in [0.3, 0.4) is 0 Å². The molecule has 166 valence electrons. The minimum absolute atomic E-state index is 0.00422. The van der Waals surface area contributed by atoms with Gasteiger partial charge in [0.15, 0.2) is 0 Å². The van der Waals surface area contributed by atoms with E-state index in [0.29, 0.717) is 31.2 Å². The van der Waals surface area contributed by atoms with Gasteiger partial charge in [-0.3, -0.25) is 4.79 Å². The number of amides is 1. The van der Waals surface area contributed by atoms with E-state index in [1.54, 1.807) is 12.1 Å². The molecule has 2 aliphatic rings. The van der Waals surface area contributed by atoms with Gasteiger partial charge in [0.25, 0.3) is 5.92 Å². The van der Waals surface area contributed by atoms with Crippen LogP contribution in [0.25, 0.3) is 0 Å². The van der Waals surface area contributed by atoms with Crippen molar-refractivity contribution in [1.82, 2.24) is 4.90 Å². The van der Waals surface area contributed by atoms with Crippen LogP contribution >= 0.6 is 0 Å². The highest BCUT2D eigenvalue weighted by atomic mass is 19.3. The van der Waals surface area contributed by atoms with Gasteiger partial charge in [-0.2, -0.15) is 0 Å². The molecule has 0 N–H and O–H groups in total. The minimum Gasteiger partial charge on any atom is -0.457 e. The van der Waals surface area contributed by atoms with E-state index in [0.717, 1.165) is 23.3 Å². The lowest BCUT2D eigenvalue weighted by molar-refractivity contribution is -0.133. The van der Waals surface area contributed by atoms with Crippen LogP contribution in [-0.4, -0.2) is 17.4 Å². The molecule has 1 fully saturated rings. The van der Waals surface area contributed by atoms with Gasteiger partial charge in [-0.1, -0.05) is 38.3 Å². The van der Waals surface area contributed by atoms with E-state index in [1.165, 1.54) is 51.2 Å². The van der Waals surface area contributed by atoms with Crippen molar-refractivity contribution in [3.8, 4) is 11.5 Å². The van der Waals surface area contributed by atoms with E-state index in [1.807, 2.05) is 23.1 Å². The quantitative estimate of drug-likeness (QED) is 0.505. The monoisotopic (exact) mass is 427 g/mol. The third-order valence-corrected chi connectivity index (χ3v) is 6.71. The molecule has 1 amide bonds. The summed E-state index contributed by atoms with van der Waals surface area (Å²) in [5.74, 6) is -0.735. The van der Waals surface area contributed by atoms with Crippen molar-refractivity contribution in [2.75, 3.05) is 6.54 Å². The first-order valence-corrected chi connectivity index (χ1v) is 11.5. The zero-order valence-corrected chi connectivity index (χ0v) is 18.2. The third-order valence-electron chi connectivity index (χ3n) is 6.71. The van der Waals surface area contributed by atoms with Gasteiger partial charge in [0.2, 0.25) is 5.91 Å². The second-order valence-corrected chi connectivity index (χ2v) is 8.85. The van der Waals surface area contributed by atoms with E-state index in [9.17, 15) is 13.6 Å². The number of carbonyl (C=O) groups is 1. The Bertz CT molecular complexity index is 904. The van der Waals surface area contributed by atoms with Crippen LogP contribution in [0.2, 0.25) is 0 Å². The molecule has 3 nitrogen and oxygen atoms in total. The predicted molar refractivity (Wildman–Crippen MR) is 117 cm³/mol. The van der Waals surface area contributed by atoms with E-state index in [4.69, 9.17) is 4.74 Å². The van der Waals surface area contributed by atoms with Crippen LogP contribution in [0.4, 0.5) is 8.78 Å². The Morgan fingerprint density at radius 1 is 1.10 bits per heavy atom. The fraction of sp³-hybridized carbons (Fsp3) is 0.500. The molecule has 0 radical (unpaired) electrons. The molecule has 1 heterocycles. The topological polar surface area (TPSA) is 29.5 Å². The smallest absolute Gasteiger partial charge is 0.273 e. The number of alkyl halides is 2. The summed E-state index contributed by atoms with van der Waals surface area (Å²) in [5, 5.41) is 0. The standard InChI is InChI=1S/C26H31F2NO2/c1-2-26(27,28)21-11-13-22(14-12-21)31-24-10-6-9-20-18-29(16-15-23(20)24)25(30)17-19-7-4-3-5-8-19/h6,9-14,19H,2-5,7-8,15-18H2,1H3. The molecule has 0 bridgehead atoms. The van der Waals surface area contributed by atoms with Crippen molar-refractivity contribution >= 4 is 5.91 Å². The molecular weight excluding hydrogens is 396 g/mol. The average Bonchev–Trinajstić information content (AvgIpc) is 2.80. The highest BCUT2D eigenvalue weighted by molar-refractivity contribution is 5.77. The van der Waals surface area contributed by atoms with Crippen LogP contribution in [0.15, 0.2) is 42.5 Å². The second kappa shape index (κ2) is 9.37. The maximum absolute atomic E-state index is 13.8. The van der Waals surface area contributed by atoms with Crippen molar-refractivity contribution in [2.45, 2.75) is 70.8 Å². The van der Waals surface area contributed by atoms with Crippen LogP contribution in [-0.2, 0) is 23.7 Å². The minimum atomic E-state index is -2.82. The number of halogens is 2. The normalized spacial score (nSPS) is 17.3. The number of nitrogens with zero attached hydrogens (tertiary/aromatic N) is 1. The number of hydrogen-bond donors (Lipinski definition) is 0. The summed E-state index contributed by atoms with van der Waals surface area (Å²) >= 11 is 0. The zero-order valence-electron chi connectivity index (χ0n) is 18.2. The van der Waals surface area contributed by atoms with E-state index >= 15 is 0 Å². The van der Waals surface area contributed by atoms with E-state index in [-0.39, 0.29) is 17.9 Å². The summed E-state index contributed by atoms with van der Waals surface area (Å²) in [6.07, 6.45) is 7.34. The van der Waals surface area contributed by atoms with Gasteiger partial charge in [-0.15, -0.1) is 0 Å². The van der Waals surface area contributed by atoms with Crippen molar-refractivity contribution in [2.24, 2.45) is 5.92 Å².